The summed E-state index contributed by atoms with van der Waals surface area (Å²) in [6, 6.07) is -0.482. The molecule has 2 aliphatic rings. The van der Waals surface area contributed by atoms with Crippen molar-refractivity contribution in [3.63, 3.8) is 0 Å². The number of imide groups is 1. The van der Waals surface area contributed by atoms with Gasteiger partial charge in [0.05, 0.1) is 18.6 Å². The van der Waals surface area contributed by atoms with Crippen LogP contribution in [0.4, 0.5) is 9.59 Å². The Hall–Kier alpha value is -1.61. The van der Waals surface area contributed by atoms with Crippen LogP contribution in [0.2, 0.25) is 18.1 Å². The summed E-state index contributed by atoms with van der Waals surface area (Å²) < 4.78 is 17.5. The molecule has 9 heteroatoms. The molecule has 0 aliphatic carbocycles. The Morgan fingerprint density at radius 3 is 1.88 bits per heavy atom. The van der Waals surface area contributed by atoms with E-state index in [1.807, 2.05) is 20.8 Å². The Bertz CT molecular complexity index is 747. The molecule has 2 aliphatic heterocycles. The first-order valence-electron chi connectivity index (χ1n) is 11.4. The largest absolute Gasteiger partial charge is 0.444 e. The van der Waals surface area contributed by atoms with E-state index in [1.165, 1.54) is 4.90 Å². The normalized spacial score (nSPS) is 24.6. The van der Waals surface area contributed by atoms with E-state index < -0.39 is 43.7 Å². The van der Waals surface area contributed by atoms with Crippen molar-refractivity contribution < 1.29 is 28.3 Å². The third-order valence-electron chi connectivity index (χ3n) is 6.41. The minimum Gasteiger partial charge on any atom is -0.444 e. The molecular weight excluding hydrogens is 428 g/mol. The quantitative estimate of drug-likeness (QED) is 0.559. The Kier molecular flexibility index (Phi) is 7.18. The van der Waals surface area contributed by atoms with Crippen LogP contribution in [0.3, 0.4) is 0 Å². The van der Waals surface area contributed by atoms with Crippen LogP contribution in [0.25, 0.3) is 0 Å². The molecular formula is C23H42N2O6Si. The predicted molar refractivity (Wildman–Crippen MR) is 125 cm³/mol. The maximum Gasteiger partial charge on any atom is 0.417 e. The topological polar surface area (TPSA) is 85.4 Å². The zero-order valence-electron chi connectivity index (χ0n) is 21.7. The summed E-state index contributed by atoms with van der Waals surface area (Å²) in [5.74, 6) is -0.991. The standard InChI is InChI=1S/C23H42N2O6Si/c1-21(2,3)30-19(27)24-12-15-16(13-24)18(26)25(20(28)31-22(4,5)6)17(15)14-29-32(10,11)23(7,8)9/h15-17H,12-14H2,1-11H3/t15-,16+,17+/m0/s1. The fraction of sp³-hybridized carbons (Fsp3) is 0.870. The monoisotopic (exact) mass is 470 g/mol. The number of hydrogen-bond donors (Lipinski definition) is 0. The maximum absolute atomic E-state index is 13.3. The van der Waals surface area contributed by atoms with Crippen LogP contribution in [0, 0.1) is 11.8 Å². The molecule has 0 aromatic heterocycles. The van der Waals surface area contributed by atoms with Gasteiger partial charge in [-0.3, -0.25) is 4.79 Å². The Morgan fingerprint density at radius 2 is 1.41 bits per heavy atom. The molecule has 2 rings (SSSR count). The SMILES string of the molecule is CC(C)(C)OC(=O)N1C[C@@H]2[C@@H](CO[Si](C)(C)C(C)(C)C)N(C(=O)OC(C)(C)C)C(=O)[C@@H]2C1. The van der Waals surface area contributed by atoms with Gasteiger partial charge in [-0.25, -0.2) is 14.5 Å². The summed E-state index contributed by atoms with van der Waals surface area (Å²) >= 11 is 0. The molecule has 3 amide bonds. The van der Waals surface area contributed by atoms with Gasteiger partial charge in [-0.2, -0.15) is 0 Å². The van der Waals surface area contributed by atoms with Gasteiger partial charge in [0.25, 0.3) is 0 Å². The lowest BCUT2D eigenvalue weighted by Gasteiger charge is -2.38. The third kappa shape index (κ3) is 6.04. The smallest absolute Gasteiger partial charge is 0.417 e. The Morgan fingerprint density at radius 1 is 0.906 bits per heavy atom. The summed E-state index contributed by atoms with van der Waals surface area (Å²) in [5, 5.41) is -0.00993. The highest BCUT2D eigenvalue weighted by Gasteiger charge is 2.57. The van der Waals surface area contributed by atoms with Gasteiger partial charge in [0.2, 0.25) is 5.91 Å². The van der Waals surface area contributed by atoms with Gasteiger partial charge in [0, 0.05) is 19.0 Å². The van der Waals surface area contributed by atoms with Crippen LogP contribution in [0.15, 0.2) is 0 Å². The first-order chi connectivity index (χ1) is 14.2. The second kappa shape index (κ2) is 8.63. The van der Waals surface area contributed by atoms with E-state index in [0.717, 1.165) is 0 Å². The number of nitrogens with zero attached hydrogens (tertiary/aromatic N) is 2. The van der Waals surface area contributed by atoms with E-state index in [9.17, 15) is 14.4 Å². The highest BCUT2D eigenvalue weighted by Crippen LogP contribution is 2.41. The average molecular weight is 471 g/mol. The van der Waals surface area contributed by atoms with Gasteiger partial charge in [-0.05, 0) is 59.7 Å². The highest BCUT2D eigenvalue weighted by molar-refractivity contribution is 6.74. The molecule has 184 valence electrons. The number of amides is 3. The molecule has 0 spiro atoms. The molecule has 0 N–H and O–H groups in total. The lowest BCUT2D eigenvalue weighted by Crippen LogP contribution is -2.50. The summed E-state index contributed by atoms with van der Waals surface area (Å²) in [6.07, 6.45) is -1.09. The molecule has 0 radical (unpaired) electrons. The third-order valence-corrected chi connectivity index (χ3v) is 10.9. The van der Waals surface area contributed by atoms with E-state index in [2.05, 4.69) is 33.9 Å². The van der Waals surface area contributed by atoms with E-state index in [-0.39, 0.29) is 30.0 Å². The van der Waals surface area contributed by atoms with E-state index >= 15 is 0 Å². The van der Waals surface area contributed by atoms with Crippen molar-refractivity contribution in [1.29, 1.82) is 0 Å². The average Bonchev–Trinajstić information content (AvgIpc) is 3.08. The molecule has 0 bridgehead atoms. The lowest BCUT2D eigenvalue weighted by molar-refractivity contribution is -0.131. The molecule has 0 saturated carbocycles. The number of hydrogen-bond acceptors (Lipinski definition) is 6. The van der Waals surface area contributed by atoms with Crippen molar-refractivity contribution in [2.75, 3.05) is 19.7 Å². The number of ether oxygens (including phenoxy) is 2. The summed E-state index contributed by atoms with van der Waals surface area (Å²) in [6.45, 7) is 22.3. The van der Waals surface area contributed by atoms with E-state index in [1.54, 1.807) is 25.7 Å². The van der Waals surface area contributed by atoms with Crippen molar-refractivity contribution >= 4 is 26.4 Å². The summed E-state index contributed by atoms with van der Waals surface area (Å²) in [7, 11) is -2.12. The zero-order chi connectivity index (χ0) is 24.9. The second-order valence-corrected chi connectivity index (χ2v) is 17.3. The molecule has 0 aromatic carbocycles. The van der Waals surface area contributed by atoms with Gasteiger partial charge in [-0.15, -0.1) is 0 Å². The van der Waals surface area contributed by atoms with E-state index in [0.29, 0.717) is 6.54 Å². The number of fused-ring (bicyclic) bond motifs is 1. The van der Waals surface area contributed by atoms with Crippen molar-refractivity contribution in [2.24, 2.45) is 11.8 Å². The van der Waals surface area contributed by atoms with Crippen LogP contribution < -0.4 is 0 Å². The number of rotatable bonds is 3. The first-order valence-corrected chi connectivity index (χ1v) is 14.3. The first kappa shape index (κ1) is 26.6. The van der Waals surface area contributed by atoms with Gasteiger partial charge in [0.1, 0.15) is 11.2 Å². The predicted octanol–water partition coefficient (Wildman–Crippen LogP) is 4.64. The lowest BCUT2D eigenvalue weighted by atomic mass is 9.94. The molecule has 2 heterocycles. The minimum absolute atomic E-state index is 0.00993. The minimum atomic E-state index is -2.12. The van der Waals surface area contributed by atoms with Crippen molar-refractivity contribution in [3.8, 4) is 0 Å². The molecule has 3 atom stereocenters. The molecule has 8 nitrogen and oxygen atoms in total. The molecule has 2 fully saturated rings. The van der Waals surface area contributed by atoms with Crippen LogP contribution in [0.5, 0.6) is 0 Å². The van der Waals surface area contributed by atoms with Gasteiger partial charge in [0.15, 0.2) is 8.32 Å². The van der Waals surface area contributed by atoms with Gasteiger partial charge < -0.3 is 18.8 Å². The Balaban J connectivity index is 2.27. The van der Waals surface area contributed by atoms with Crippen LogP contribution >= 0.6 is 0 Å². The van der Waals surface area contributed by atoms with Crippen LogP contribution in [-0.2, 0) is 18.7 Å². The van der Waals surface area contributed by atoms with Gasteiger partial charge >= 0.3 is 12.2 Å². The van der Waals surface area contributed by atoms with Gasteiger partial charge in [-0.1, -0.05) is 20.8 Å². The highest BCUT2D eigenvalue weighted by atomic mass is 28.4. The fourth-order valence-electron chi connectivity index (χ4n) is 3.73. The fourth-order valence-corrected chi connectivity index (χ4v) is 4.75. The number of carbonyl (C=O) groups is 3. The molecule has 2 saturated heterocycles. The van der Waals surface area contributed by atoms with Crippen LogP contribution in [-0.4, -0.2) is 73.2 Å². The van der Waals surface area contributed by atoms with Crippen molar-refractivity contribution in [1.82, 2.24) is 9.80 Å². The maximum atomic E-state index is 13.3. The number of carbonyl (C=O) groups excluding carboxylic acids is 3. The summed E-state index contributed by atoms with van der Waals surface area (Å²) in [4.78, 5) is 41.7. The van der Waals surface area contributed by atoms with E-state index in [4.69, 9.17) is 13.9 Å². The Labute approximate surface area is 194 Å². The van der Waals surface area contributed by atoms with Crippen molar-refractivity contribution in [3.05, 3.63) is 0 Å². The summed E-state index contributed by atoms with van der Waals surface area (Å²) in [5.41, 5.74) is -1.34. The zero-order valence-corrected chi connectivity index (χ0v) is 22.7. The number of likely N-dealkylation sites (tertiary alicyclic amines) is 2. The molecule has 0 unspecified atom stereocenters. The molecule has 0 aromatic rings. The second-order valence-electron chi connectivity index (χ2n) is 12.5. The molecule has 32 heavy (non-hydrogen) atoms. The van der Waals surface area contributed by atoms with Crippen molar-refractivity contribution in [2.45, 2.75) is 97.7 Å². The van der Waals surface area contributed by atoms with Crippen LogP contribution in [0.1, 0.15) is 62.3 Å².